The number of guanidine groups is 1. The number of rotatable bonds is 5. The average Bonchev–Trinajstić information content (AvgIpc) is 2.60. The van der Waals surface area contributed by atoms with Crippen LogP contribution in [0.25, 0.3) is 0 Å². The Morgan fingerprint density at radius 3 is 2.50 bits per heavy atom. The monoisotopic (exact) mass is 331 g/mol. The predicted molar refractivity (Wildman–Crippen MR) is 96.9 cm³/mol. The Morgan fingerprint density at radius 2 is 1.92 bits per heavy atom. The van der Waals surface area contributed by atoms with Crippen LogP contribution in [0.15, 0.2) is 29.3 Å². The SMILES string of the molecule is CCNC(=NCc1ccc(C)cc1)N1CCC(C(=O)OCC)CC1. The normalized spacial score (nSPS) is 16.1. The van der Waals surface area contributed by atoms with Crippen molar-refractivity contribution in [3.8, 4) is 0 Å². The van der Waals surface area contributed by atoms with Gasteiger partial charge in [0, 0.05) is 19.6 Å². The molecule has 5 nitrogen and oxygen atoms in total. The molecule has 24 heavy (non-hydrogen) atoms. The first-order chi connectivity index (χ1) is 11.6. The highest BCUT2D eigenvalue weighted by molar-refractivity contribution is 5.80. The van der Waals surface area contributed by atoms with Gasteiger partial charge in [-0.2, -0.15) is 0 Å². The van der Waals surface area contributed by atoms with Crippen LogP contribution < -0.4 is 5.32 Å². The van der Waals surface area contributed by atoms with Crippen LogP contribution >= 0.6 is 0 Å². The van der Waals surface area contributed by atoms with Gasteiger partial charge in [0.25, 0.3) is 0 Å². The fourth-order valence-electron chi connectivity index (χ4n) is 2.87. The van der Waals surface area contributed by atoms with E-state index in [1.807, 2.05) is 6.92 Å². The van der Waals surface area contributed by atoms with Gasteiger partial charge in [-0.1, -0.05) is 29.8 Å². The molecule has 1 N–H and O–H groups in total. The van der Waals surface area contributed by atoms with Crippen molar-refractivity contribution in [2.24, 2.45) is 10.9 Å². The number of esters is 1. The summed E-state index contributed by atoms with van der Waals surface area (Å²) in [7, 11) is 0. The molecule has 0 aromatic heterocycles. The lowest BCUT2D eigenvalue weighted by atomic mass is 9.97. The summed E-state index contributed by atoms with van der Waals surface area (Å²) >= 11 is 0. The van der Waals surface area contributed by atoms with E-state index in [9.17, 15) is 4.79 Å². The van der Waals surface area contributed by atoms with E-state index < -0.39 is 0 Å². The Labute approximate surface area is 145 Å². The minimum Gasteiger partial charge on any atom is -0.466 e. The van der Waals surface area contributed by atoms with Gasteiger partial charge in [-0.05, 0) is 39.2 Å². The van der Waals surface area contributed by atoms with E-state index in [-0.39, 0.29) is 11.9 Å². The molecule has 2 rings (SSSR count). The van der Waals surface area contributed by atoms with Crippen molar-refractivity contribution in [1.82, 2.24) is 10.2 Å². The van der Waals surface area contributed by atoms with E-state index in [2.05, 4.69) is 48.3 Å². The summed E-state index contributed by atoms with van der Waals surface area (Å²) < 4.78 is 5.14. The summed E-state index contributed by atoms with van der Waals surface area (Å²) in [5.41, 5.74) is 2.47. The van der Waals surface area contributed by atoms with Gasteiger partial charge in [-0.3, -0.25) is 4.79 Å². The first-order valence-electron chi connectivity index (χ1n) is 8.89. The molecule has 1 aromatic carbocycles. The van der Waals surface area contributed by atoms with E-state index in [1.165, 1.54) is 11.1 Å². The number of piperidine rings is 1. The van der Waals surface area contributed by atoms with Gasteiger partial charge in [0.05, 0.1) is 19.1 Å². The fourth-order valence-corrected chi connectivity index (χ4v) is 2.87. The maximum Gasteiger partial charge on any atom is 0.309 e. The van der Waals surface area contributed by atoms with Crippen LogP contribution in [0.3, 0.4) is 0 Å². The molecule has 1 heterocycles. The van der Waals surface area contributed by atoms with Crippen molar-refractivity contribution >= 4 is 11.9 Å². The predicted octanol–water partition coefficient (Wildman–Crippen LogP) is 2.74. The van der Waals surface area contributed by atoms with Crippen LogP contribution in [0.2, 0.25) is 0 Å². The maximum atomic E-state index is 11.9. The lowest BCUT2D eigenvalue weighted by Gasteiger charge is -2.33. The first-order valence-corrected chi connectivity index (χ1v) is 8.89. The molecule has 1 aliphatic rings. The number of carbonyl (C=O) groups excluding carboxylic acids is 1. The lowest BCUT2D eigenvalue weighted by Crippen LogP contribution is -2.46. The second-order valence-electron chi connectivity index (χ2n) is 6.17. The Bertz CT molecular complexity index is 546. The molecule has 0 radical (unpaired) electrons. The van der Waals surface area contributed by atoms with Crippen LogP contribution in [0.4, 0.5) is 0 Å². The Kier molecular flexibility index (Phi) is 7.09. The summed E-state index contributed by atoms with van der Waals surface area (Å²) in [6, 6.07) is 8.47. The number of carbonyl (C=O) groups is 1. The molecule has 1 aliphatic heterocycles. The molecule has 1 fully saturated rings. The number of aliphatic imine (C=N–C) groups is 1. The van der Waals surface area contributed by atoms with Crippen molar-refractivity contribution in [2.75, 3.05) is 26.2 Å². The number of hydrogen-bond acceptors (Lipinski definition) is 3. The van der Waals surface area contributed by atoms with E-state index >= 15 is 0 Å². The van der Waals surface area contributed by atoms with Crippen LogP contribution in [0.1, 0.15) is 37.8 Å². The van der Waals surface area contributed by atoms with Gasteiger partial charge in [0.1, 0.15) is 0 Å². The van der Waals surface area contributed by atoms with E-state index in [0.717, 1.165) is 38.4 Å². The molecule has 0 spiro atoms. The number of likely N-dealkylation sites (tertiary alicyclic amines) is 1. The zero-order chi connectivity index (χ0) is 17.4. The topological polar surface area (TPSA) is 53.9 Å². The van der Waals surface area contributed by atoms with E-state index in [1.54, 1.807) is 0 Å². The third-order valence-electron chi connectivity index (χ3n) is 4.28. The van der Waals surface area contributed by atoms with Crippen LogP contribution in [0.5, 0.6) is 0 Å². The molecule has 0 saturated carbocycles. The number of nitrogens with one attached hydrogen (secondary N) is 1. The molecular weight excluding hydrogens is 302 g/mol. The number of hydrogen-bond donors (Lipinski definition) is 1. The number of aryl methyl sites for hydroxylation is 1. The Balaban J connectivity index is 1.94. The van der Waals surface area contributed by atoms with Gasteiger partial charge < -0.3 is 15.0 Å². The van der Waals surface area contributed by atoms with Gasteiger partial charge >= 0.3 is 5.97 Å². The zero-order valence-corrected chi connectivity index (χ0v) is 15.0. The number of ether oxygens (including phenoxy) is 1. The average molecular weight is 331 g/mol. The van der Waals surface area contributed by atoms with Crippen molar-refractivity contribution in [1.29, 1.82) is 0 Å². The summed E-state index contributed by atoms with van der Waals surface area (Å²) in [4.78, 5) is 18.9. The third kappa shape index (κ3) is 5.25. The molecule has 0 unspecified atom stereocenters. The highest BCUT2D eigenvalue weighted by Gasteiger charge is 2.27. The summed E-state index contributed by atoms with van der Waals surface area (Å²) in [6.45, 7) is 9.66. The zero-order valence-electron chi connectivity index (χ0n) is 15.0. The van der Waals surface area contributed by atoms with Gasteiger partial charge in [-0.25, -0.2) is 4.99 Å². The highest BCUT2D eigenvalue weighted by atomic mass is 16.5. The first kappa shape index (κ1) is 18.3. The smallest absolute Gasteiger partial charge is 0.309 e. The molecule has 0 atom stereocenters. The van der Waals surface area contributed by atoms with Crippen LogP contribution in [-0.4, -0.2) is 43.1 Å². The maximum absolute atomic E-state index is 11.9. The second kappa shape index (κ2) is 9.30. The van der Waals surface area contributed by atoms with Gasteiger partial charge in [0.15, 0.2) is 5.96 Å². The van der Waals surface area contributed by atoms with Gasteiger partial charge in [-0.15, -0.1) is 0 Å². The van der Waals surface area contributed by atoms with Crippen molar-refractivity contribution < 1.29 is 9.53 Å². The minimum atomic E-state index is -0.0567. The van der Waals surface area contributed by atoms with Crippen LogP contribution in [-0.2, 0) is 16.1 Å². The van der Waals surface area contributed by atoms with Crippen molar-refractivity contribution in [2.45, 2.75) is 40.2 Å². The minimum absolute atomic E-state index is 0.0289. The van der Waals surface area contributed by atoms with Crippen molar-refractivity contribution in [3.63, 3.8) is 0 Å². The van der Waals surface area contributed by atoms with Gasteiger partial charge in [0.2, 0.25) is 0 Å². The standard InChI is InChI=1S/C19H29N3O2/c1-4-20-19(21-14-16-8-6-15(3)7-9-16)22-12-10-17(11-13-22)18(23)24-5-2/h6-9,17H,4-5,10-14H2,1-3H3,(H,20,21). The third-order valence-corrected chi connectivity index (χ3v) is 4.28. The molecule has 0 amide bonds. The van der Waals surface area contributed by atoms with Crippen LogP contribution in [0, 0.1) is 12.8 Å². The Hall–Kier alpha value is -2.04. The molecular formula is C19H29N3O2. The summed E-state index contributed by atoms with van der Waals surface area (Å²) in [5.74, 6) is 0.903. The lowest BCUT2D eigenvalue weighted by molar-refractivity contribution is -0.149. The number of nitrogens with zero attached hydrogens (tertiary/aromatic N) is 2. The van der Waals surface area contributed by atoms with Crippen molar-refractivity contribution in [3.05, 3.63) is 35.4 Å². The number of benzene rings is 1. The molecule has 0 bridgehead atoms. The Morgan fingerprint density at radius 1 is 1.25 bits per heavy atom. The molecule has 0 aliphatic carbocycles. The largest absolute Gasteiger partial charge is 0.466 e. The molecule has 132 valence electrons. The van der Waals surface area contributed by atoms with E-state index in [4.69, 9.17) is 9.73 Å². The summed E-state index contributed by atoms with van der Waals surface area (Å²) in [6.07, 6.45) is 1.65. The van der Waals surface area contributed by atoms with E-state index in [0.29, 0.717) is 13.2 Å². The molecule has 1 aromatic rings. The summed E-state index contributed by atoms with van der Waals surface area (Å²) in [5, 5.41) is 3.36. The quantitative estimate of drug-likeness (QED) is 0.512. The fraction of sp³-hybridized carbons (Fsp3) is 0.579. The molecule has 1 saturated heterocycles. The second-order valence-corrected chi connectivity index (χ2v) is 6.17. The highest BCUT2D eigenvalue weighted by Crippen LogP contribution is 2.19. The molecule has 5 heteroatoms.